The average molecular weight is 333 g/mol. The normalized spacial score (nSPS) is 15.5. The molecule has 0 spiro atoms. The minimum atomic E-state index is -0.246. The first-order valence-electron chi connectivity index (χ1n) is 8.05. The molecule has 1 aromatic carbocycles. The predicted molar refractivity (Wildman–Crippen MR) is 90.5 cm³/mol. The number of carbonyl (C=O) groups is 1. The monoisotopic (exact) mass is 332 g/mol. The predicted octanol–water partition coefficient (Wildman–Crippen LogP) is 3.85. The maximum Gasteiger partial charge on any atom is 0.287 e. The number of likely N-dealkylation sites (tertiary alicyclic amines) is 1. The van der Waals surface area contributed by atoms with E-state index in [1.807, 2.05) is 6.07 Å². The maximum absolute atomic E-state index is 12.1. The first-order valence-corrected chi connectivity index (χ1v) is 8.43. The zero-order chi connectivity index (χ0) is 16.1. The van der Waals surface area contributed by atoms with E-state index in [1.54, 1.807) is 12.1 Å². The van der Waals surface area contributed by atoms with Crippen LogP contribution in [0.2, 0.25) is 5.22 Å². The summed E-state index contributed by atoms with van der Waals surface area (Å²) < 4.78 is 5.13. The fourth-order valence-electron chi connectivity index (χ4n) is 2.94. The number of amides is 1. The summed E-state index contributed by atoms with van der Waals surface area (Å²) in [5, 5.41) is 3.12. The summed E-state index contributed by atoms with van der Waals surface area (Å²) in [6, 6.07) is 11.4. The van der Waals surface area contributed by atoms with Gasteiger partial charge in [0.05, 0.1) is 0 Å². The number of benzene rings is 1. The maximum atomic E-state index is 12.1. The van der Waals surface area contributed by atoms with Crippen LogP contribution in [0.25, 0.3) is 0 Å². The Kier molecular flexibility index (Phi) is 5.36. The van der Waals surface area contributed by atoms with Crippen molar-refractivity contribution in [2.24, 2.45) is 0 Å². The number of carbonyl (C=O) groups excluding carboxylic acids is 1. The van der Waals surface area contributed by atoms with E-state index in [0.717, 1.165) is 25.2 Å². The van der Waals surface area contributed by atoms with Gasteiger partial charge in [-0.15, -0.1) is 0 Å². The molecule has 0 aliphatic carbocycles. The SMILES string of the molecule is O=C(NCc1ccccc1CN1CCCCC1)c1ccc(Cl)o1. The zero-order valence-corrected chi connectivity index (χ0v) is 13.8. The van der Waals surface area contributed by atoms with Crippen molar-refractivity contribution < 1.29 is 9.21 Å². The molecule has 4 nitrogen and oxygen atoms in total. The van der Waals surface area contributed by atoms with E-state index in [4.69, 9.17) is 16.0 Å². The lowest BCUT2D eigenvalue weighted by Gasteiger charge is -2.27. The van der Waals surface area contributed by atoms with Gasteiger partial charge in [0.15, 0.2) is 11.0 Å². The summed E-state index contributed by atoms with van der Waals surface area (Å²) in [4.78, 5) is 14.5. The molecule has 0 atom stereocenters. The van der Waals surface area contributed by atoms with Gasteiger partial charge in [-0.25, -0.2) is 0 Å². The van der Waals surface area contributed by atoms with Crippen LogP contribution in [-0.4, -0.2) is 23.9 Å². The second-order valence-corrected chi connectivity index (χ2v) is 6.26. The van der Waals surface area contributed by atoms with Gasteiger partial charge < -0.3 is 9.73 Å². The van der Waals surface area contributed by atoms with Gasteiger partial charge >= 0.3 is 0 Å². The molecule has 23 heavy (non-hydrogen) atoms. The lowest BCUT2D eigenvalue weighted by atomic mass is 10.0. The van der Waals surface area contributed by atoms with E-state index in [-0.39, 0.29) is 16.9 Å². The molecule has 1 amide bonds. The zero-order valence-electron chi connectivity index (χ0n) is 13.1. The smallest absolute Gasteiger partial charge is 0.287 e. The standard InChI is InChI=1S/C18H21ClN2O2/c19-17-9-8-16(23-17)18(22)20-12-14-6-2-3-7-15(14)13-21-10-4-1-5-11-21/h2-3,6-9H,1,4-5,10-13H2,(H,20,22). The van der Waals surface area contributed by atoms with Crippen molar-refractivity contribution in [3.8, 4) is 0 Å². The molecule has 0 radical (unpaired) electrons. The summed E-state index contributed by atoms with van der Waals surface area (Å²) >= 11 is 5.70. The number of nitrogens with one attached hydrogen (secondary N) is 1. The Balaban J connectivity index is 1.62. The molecule has 1 aliphatic rings. The fourth-order valence-corrected chi connectivity index (χ4v) is 3.09. The van der Waals surface area contributed by atoms with Crippen molar-refractivity contribution in [1.29, 1.82) is 0 Å². The van der Waals surface area contributed by atoms with Gasteiger partial charge in [0.2, 0.25) is 0 Å². The lowest BCUT2D eigenvalue weighted by molar-refractivity contribution is 0.0923. The Bertz CT molecular complexity index is 663. The topological polar surface area (TPSA) is 45.5 Å². The molecule has 2 heterocycles. The fraction of sp³-hybridized carbons (Fsp3) is 0.389. The summed E-state index contributed by atoms with van der Waals surface area (Å²) in [7, 11) is 0. The molecule has 1 aromatic heterocycles. The third-order valence-corrected chi connectivity index (χ3v) is 4.40. The Morgan fingerprint density at radius 1 is 1.09 bits per heavy atom. The van der Waals surface area contributed by atoms with Crippen LogP contribution in [0.1, 0.15) is 40.9 Å². The summed E-state index contributed by atoms with van der Waals surface area (Å²) in [6.45, 7) is 3.75. The molecule has 0 unspecified atom stereocenters. The van der Waals surface area contributed by atoms with Crippen molar-refractivity contribution in [1.82, 2.24) is 10.2 Å². The molecule has 1 aliphatic heterocycles. The van der Waals surface area contributed by atoms with Crippen molar-refractivity contribution in [2.45, 2.75) is 32.4 Å². The second kappa shape index (κ2) is 7.66. The third kappa shape index (κ3) is 4.36. The minimum Gasteiger partial charge on any atom is -0.440 e. The van der Waals surface area contributed by atoms with Crippen LogP contribution < -0.4 is 5.32 Å². The molecule has 1 fully saturated rings. The number of piperidine rings is 1. The van der Waals surface area contributed by atoms with Gasteiger partial charge in [-0.1, -0.05) is 30.7 Å². The second-order valence-electron chi connectivity index (χ2n) is 5.89. The van der Waals surface area contributed by atoms with E-state index in [9.17, 15) is 4.79 Å². The van der Waals surface area contributed by atoms with Gasteiger partial charge in [-0.05, 0) is 60.8 Å². The Morgan fingerprint density at radius 2 is 1.83 bits per heavy atom. The van der Waals surface area contributed by atoms with E-state index in [0.29, 0.717) is 6.54 Å². The van der Waals surface area contributed by atoms with Gasteiger partial charge in [-0.3, -0.25) is 9.69 Å². The lowest BCUT2D eigenvalue weighted by Crippen LogP contribution is -2.30. The molecule has 122 valence electrons. The van der Waals surface area contributed by atoms with Crippen LogP contribution in [-0.2, 0) is 13.1 Å². The van der Waals surface area contributed by atoms with E-state index in [2.05, 4.69) is 28.4 Å². The molecule has 0 bridgehead atoms. The van der Waals surface area contributed by atoms with Crippen LogP contribution in [0.5, 0.6) is 0 Å². The molecular weight excluding hydrogens is 312 g/mol. The highest BCUT2D eigenvalue weighted by Crippen LogP contribution is 2.17. The van der Waals surface area contributed by atoms with Gasteiger partial charge in [0.1, 0.15) is 0 Å². The Labute approximate surface area is 141 Å². The number of hydrogen-bond acceptors (Lipinski definition) is 3. The number of nitrogens with zero attached hydrogens (tertiary/aromatic N) is 1. The van der Waals surface area contributed by atoms with E-state index in [1.165, 1.54) is 24.8 Å². The quantitative estimate of drug-likeness (QED) is 0.904. The van der Waals surface area contributed by atoms with Crippen LogP contribution in [0.3, 0.4) is 0 Å². The summed E-state index contributed by atoms with van der Waals surface area (Å²) in [6.07, 6.45) is 3.89. The van der Waals surface area contributed by atoms with E-state index < -0.39 is 0 Å². The highest BCUT2D eigenvalue weighted by atomic mass is 35.5. The molecule has 5 heteroatoms. The van der Waals surface area contributed by atoms with Crippen LogP contribution in [0.15, 0.2) is 40.8 Å². The highest BCUT2D eigenvalue weighted by Gasteiger charge is 2.14. The molecular formula is C18H21ClN2O2. The van der Waals surface area contributed by atoms with Crippen molar-refractivity contribution in [2.75, 3.05) is 13.1 Å². The number of hydrogen-bond donors (Lipinski definition) is 1. The Morgan fingerprint density at radius 3 is 2.52 bits per heavy atom. The van der Waals surface area contributed by atoms with Gasteiger partial charge in [-0.2, -0.15) is 0 Å². The summed E-state index contributed by atoms with van der Waals surface area (Å²) in [5.41, 5.74) is 2.41. The molecule has 2 aromatic rings. The largest absolute Gasteiger partial charge is 0.440 e. The van der Waals surface area contributed by atoms with Gasteiger partial charge in [0.25, 0.3) is 5.91 Å². The van der Waals surface area contributed by atoms with Crippen LogP contribution in [0, 0.1) is 0 Å². The third-order valence-electron chi connectivity index (χ3n) is 4.20. The van der Waals surface area contributed by atoms with Crippen molar-refractivity contribution in [3.63, 3.8) is 0 Å². The number of halogens is 1. The first-order chi connectivity index (χ1) is 11.2. The van der Waals surface area contributed by atoms with Crippen LogP contribution in [0.4, 0.5) is 0 Å². The molecule has 3 rings (SSSR count). The van der Waals surface area contributed by atoms with Crippen molar-refractivity contribution in [3.05, 3.63) is 58.5 Å². The number of rotatable bonds is 5. The van der Waals surface area contributed by atoms with E-state index >= 15 is 0 Å². The minimum absolute atomic E-state index is 0.223. The first kappa shape index (κ1) is 16.1. The number of furan rings is 1. The van der Waals surface area contributed by atoms with Crippen LogP contribution >= 0.6 is 11.6 Å². The molecule has 0 saturated carbocycles. The highest BCUT2D eigenvalue weighted by molar-refractivity contribution is 6.29. The van der Waals surface area contributed by atoms with Crippen molar-refractivity contribution >= 4 is 17.5 Å². The molecule has 1 N–H and O–H groups in total. The molecule has 1 saturated heterocycles. The summed E-state index contributed by atoms with van der Waals surface area (Å²) in [5.74, 6) is -0.00631. The Hall–Kier alpha value is -1.78. The van der Waals surface area contributed by atoms with Gasteiger partial charge in [0, 0.05) is 13.1 Å². The average Bonchev–Trinajstić information content (AvgIpc) is 3.01.